The van der Waals surface area contributed by atoms with E-state index in [0.29, 0.717) is 24.5 Å². The first-order valence-electron chi connectivity index (χ1n) is 11.7. The summed E-state index contributed by atoms with van der Waals surface area (Å²) in [6.07, 6.45) is 1.39. The zero-order valence-electron chi connectivity index (χ0n) is 20.3. The minimum atomic E-state index is -0.996. The Morgan fingerprint density at radius 1 is 0.971 bits per heavy atom. The molecular formula is C28H30N2O5. The van der Waals surface area contributed by atoms with Gasteiger partial charge in [-0.25, -0.2) is 9.78 Å². The Kier molecular flexibility index (Phi) is 7.55. The van der Waals surface area contributed by atoms with Crippen LogP contribution in [0.1, 0.15) is 36.4 Å². The lowest BCUT2D eigenvalue weighted by Gasteiger charge is -2.14. The average molecular weight is 475 g/mol. The van der Waals surface area contributed by atoms with Gasteiger partial charge in [-0.05, 0) is 54.8 Å². The summed E-state index contributed by atoms with van der Waals surface area (Å²) in [5.41, 5.74) is 5.09. The Morgan fingerprint density at radius 3 is 2.54 bits per heavy atom. The predicted molar refractivity (Wildman–Crippen MR) is 134 cm³/mol. The molecule has 182 valence electrons. The average Bonchev–Trinajstić information content (AvgIpc) is 3.23. The van der Waals surface area contributed by atoms with Gasteiger partial charge in [-0.2, -0.15) is 0 Å². The van der Waals surface area contributed by atoms with Crippen molar-refractivity contribution in [1.82, 2.24) is 9.55 Å². The fourth-order valence-electron chi connectivity index (χ4n) is 4.19. The molecule has 7 heteroatoms. The highest BCUT2D eigenvalue weighted by Gasteiger charge is 2.14. The summed E-state index contributed by atoms with van der Waals surface area (Å²) in [6, 6.07) is 19.7. The lowest BCUT2D eigenvalue weighted by Crippen LogP contribution is -2.10. The number of nitrogens with zero attached hydrogens (tertiary/aromatic N) is 2. The van der Waals surface area contributed by atoms with Crippen LogP contribution in [-0.2, 0) is 30.8 Å². The molecule has 35 heavy (non-hydrogen) atoms. The van der Waals surface area contributed by atoms with E-state index < -0.39 is 5.97 Å². The summed E-state index contributed by atoms with van der Waals surface area (Å²) in [7, 11) is 1.66. The van der Waals surface area contributed by atoms with Crippen LogP contribution in [0, 0.1) is 0 Å². The molecule has 0 amide bonds. The number of benzene rings is 3. The molecule has 0 atom stereocenters. The van der Waals surface area contributed by atoms with Crippen molar-refractivity contribution in [3.63, 3.8) is 0 Å². The van der Waals surface area contributed by atoms with Crippen LogP contribution in [-0.4, -0.2) is 34.3 Å². The minimum absolute atomic E-state index is 0.358. The monoisotopic (exact) mass is 474 g/mol. The van der Waals surface area contributed by atoms with Gasteiger partial charge in [0.15, 0.2) is 6.61 Å². The number of aromatic nitrogens is 2. The highest BCUT2D eigenvalue weighted by molar-refractivity contribution is 5.76. The number of methoxy groups -OCH3 is 1. The molecule has 0 bridgehead atoms. The molecular weight excluding hydrogens is 444 g/mol. The van der Waals surface area contributed by atoms with Crippen molar-refractivity contribution in [2.45, 2.75) is 39.8 Å². The third-order valence-corrected chi connectivity index (χ3v) is 5.92. The van der Waals surface area contributed by atoms with Crippen LogP contribution in [0.15, 0.2) is 60.7 Å². The van der Waals surface area contributed by atoms with Gasteiger partial charge >= 0.3 is 5.97 Å². The van der Waals surface area contributed by atoms with E-state index in [-0.39, 0.29) is 6.61 Å². The van der Waals surface area contributed by atoms with E-state index in [0.717, 1.165) is 52.3 Å². The zero-order chi connectivity index (χ0) is 24.8. The summed E-state index contributed by atoms with van der Waals surface area (Å²) in [5, 5.41) is 8.85. The Labute approximate surface area is 204 Å². The third kappa shape index (κ3) is 5.57. The van der Waals surface area contributed by atoms with Crippen molar-refractivity contribution in [3.05, 3.63) is 83.2 Å². The van der Waals surface area contributed by atoms with E-state index in [2.05, 4.69) is 17.6 Å². The maximum absolute atomic E-state index is 10.8. The molecule has 3 aromatic carbocycles. The third-order valence-electron chi connectivity index (χ3n) is 5.92. The first-order chi connectivity index (χ1) is 17.0. The van der Waals surface area contributed by atoms with Gasteiger partial charge in [-0.15, -0.1) is 0 Å². The molecule has 0 saturated heterocycles. The van der Waals surface area contributed by atoms with Crippen LogP contribution >= 0.6 is 0 Å². The summed E-state index contributed by atoms with van der Waals surface area (Å²) < 4.78 is 19.3. The molecule has 4 rings (SSSR count). The highest BCUT2D eigenvalue weighted by atomic mass is 16.5. The first kappa shape index (κ1) is 24.1. The number of hydrogen-bond acceptors (Lipinski definition) is 5. The summed E-state index contributed by atoms with van der Waals surface area (Å²) in [5.74, 6) is 2.05. The summed E-state index contributed by atoms with van der Waals surface area (Å²) in [4.78, 5) is 15.6. The molecule has 0 aliphatic carbocycles. The van der Waals surface area contributed by atoms with E-state index in [9.17, 15) is 4.79 Å². The van der Waals surface area contributed by atoms with Gasteiger partial charge in [0.1, 0.15) is 29.7 Å². The number of fused-ring (bicyclic) bond motifs is 1. The molecule has 1 heterocycles. The Hall–Kier alpha value is -4.00. The Bertz CT molecular complexity index is 1330. The second kappa shape index (κ2) is 11.0. The molecule has 4 aromatic rings. The number of aryl methyl sites for hydroxylation is 2. The minimum Gasteiger partial charge on any atom is -0.496 e. The lowest BCUT2D eigenvalue weighted by molar-refractivity contribution is -0.139. The van der Waals surface area contributed by atoms with E-state index >= 15 is 0 Å². The summed E-state index contributed by atoms with van der Waals surface area (Å²) in [6.45, 7) is 4.99. The molecule has 0 aliphatic rings. The van der Waals surface area contributed by atoms with Crippen molar-refractivity contribution in [2.24, 2.45) is 0 Å². The Balaban J connectivity index is 1.48. The van der Waals surface area contributed by atoms with Crippen LogP contribution in [0.25, 0.3) is 11.0 Å². The second-order valence-electron chi connectivity index (χ2n) is 8.18. The fourth-order valence-corrected chi connectivity index (χ4v) is 4.19. The number of carboxylic acid groups (broad SMARTS) is 1. The number of rotatable bonds is 11. The van der Waals surface area contributed by atoms with Gasteiger partial charge < -0.3 is 23.9 Å². The van der Waals surface area contributed by atoms with E-state index in [4.69, 9.17) is 24.3 Å². The molecule has 0 radical (unpaired) electrons. The molecule has 1 aromatic heterocycles. The number of aliphatic carboxylic acids is 1. The van der Waals surface area contributed by atoms with Gasteiger partial charge in [-0.3, -0.25) is 0 Å². The zero-order valence-corrected chi connectivity index (χ0v) is 20.3. The number of carboxylic acids is 1. The lowest BCUT2D eigenvalue weighted by atomic mass is 10.1. The Morgan fingerprint density at radius 2 is 1.80 bits per heavy atom. The SMILES string of the molecule is CCc1cc(COc2ccc(Cc3nc4ccccc4n3CC)c(OC)c2)ccc1OCC(=O)O. The molecule has 1 N–H and O–H groups in total. The quantitative estimate of drug-likeness (QED) is 0.319. The van der Waals surface area contributed by atoms with Gasteiger partial charge in [0.25, 0.3) is 0 Å². The second-order valence-corrected chi connectivity index (χ2v) is 8.18. The standard InChI is InChI=1S/C28H30N2O5/c1-4-20-14-19(10-13-25(20)35-18-28(31)32)17-34-22-12-11-21(26(16-22)33-3)15-27-29-23-8-6-7-9-24(23)30(27)5-2/h6-14,16H,4-5,15,17-18H2,1-3H3,(H,31,32). The number of imidazole rings is 1. The van der Waals surface area contributed by atoms with Gasteiger partial charge in [0, 0.05) is 24.6 Å². The predicted octanol–water partition coefficient (Wildman–Crippen LogP) is 5.26. The van der Waals surface area contributed by atoms with Crippen LogP contribution in [0.5, 0.6) is 17.2 Å². The maximum Gasteiger partial charge on any atom is 0.341 e. The topological polar surface area (TPSA) is 82.8 Å². The number of hydrogen-bond donors (Lipinski definition) is 1. The van der Waals surface area contributed by atoms with Gasteiger partial charge in [0.2, 0.25) is 0 Å². The van der Waals surface area contributed by atoms with Crippen molar-refractivity contribution in [1.29, 1.82) is 0 Å². The largest absolute Gasteiger partial charge is 0.496 e. The van der Waals surface area contributed by atoms with Crippen LogP contribution in [0.3, 0.4) is 0 Å². The molecule has 7 nitrogen and oxygen atoms in total. The van der Waals surface area contributed by atoms with Crippen molar-refractivity contribution in [2.75, 3.05) is 13.7 Å². The van der Waals surface area contributed by atoms with E-state index in [1.807, 2.05) is 55.5 Å². The van der Waals surface area contributed by atoms with Gasteiger partial charge in [-0.1, -0.05) is 31.2 Å². The van der Waals surface area contributed by atoms with Crippen molar-refractivity contribution in [3.8, 4) is 17.2 Å². The van der Waals surface area contributed by atoms with Crippen LogP contribution < -0.4 is 14.2 Å². The fraction of sp³-hybridized carbons (Fsp3) is 0.286. The maximum atomic E-state index is 10.8. The molecule has 0 unspecified atom stereocenters. The smallest absolute Gasteiger partial charge is 0.341 e. The number of carbonyl (C=O) groups is 1. The molecule has 0 spiro atoms. The molecule has 0 saturated carbocycles. The number of ether oxygens (including phenoxy) is 3. The van der Waals surface area contributed by atoms with Crippen LogP contribution in [0.2, 0.25) is 0 Å². The molecule has 0 aliphatic heterocycles. The van der Waals surface area contributed by atoms with Gasteiger partial charge in [0.05, 0.1) is 18.1 Å². The van der Waals surface area contributed by atoms with Crippen molar-refractivity contribution >= 4 is 17.0 Å². The van der Waals surface area contributed by atoms with Crippen molar-refractivity contribution < 1.29 is 24.1 Å². The van der Waals surface area contributed by atoms with Crippen LogP contribution in [0.4, 0.5) is 0 Å². The molecule has 0 fully saturated rings. The van der Waals surface area contributed by atoms with E-state index in [1.165, 1.54) is 0 Å². The normalized spacial score (nSPS) is 10.9. The van der Waals surface area contributed by atoms with E-state index in [1.54, 1.807) is 13.2 Å². The number of para-hydroxylation sites is 2. The first-order valence-corrected chi connectivity index (χ1v) is 11.7. The highest BCUT2D eigenvalue weighted by Crippen LogP contribution is 2.29. The summed E-state index contributed by atoms with van der Waals surface area (Å²) >= 11 is 0.